The first kappa shape index (κ1) is 55.2. The van der Waals surface area contributed by atoms with Crippen LogP contribution in [0.2, 0.25) is 0 Å². The minimum Gasteiger partial charge on any atom is -0.101 e. The Labute approximate surface area is 424 Å². The van der Waals surface area contributed by atoms with Gasteiger partial charge in [0, 0.05) is 24.0 Å². The van der Waals surface area contributed by atoms with E-state index in [0.29, 0.717) is 0 Å². The fourth-order valence-electron chi connectivity index (χ4n) is 6.95. The summed E-state index contributed by atoms with van der Waals surface area (Å²) in [6.07, 6.45) is 14.7. The predicted molar refractivity (Wildman–Crippen MR) is 284 cm³/mol. The predicted octanol–water partition coefficient (Wildman–Crippen LogP) is 15.7. The maximum Gasteiger partial charge on any atom is 2.00 e. The molecule has 0 aromatic heterocycles. The van der Waals surface area contributed by atoms with Gasteiger partial charge in [-0.3, -0.25) is 0 Å². The van der Waals surface area contributed by atoms with E-state index in [0.717, 1.165) is 16.7 Å². The largest absolute Gasteiger partial charge is 2.00 e. The number of fused-ring (bicyclic) bond motifs is 1. The molecule has 0 amide bonds. The summed E-state index contributed by atoms with van der Waals surface area (Å²) in [6.45, 7) is 7.35. The third-order valence-electron chi connectivity index (χ3n) is 9.88. The van der Waals surface area contributed by atoms with E-state index < -0.39 is 23.7 Å². The first-order chi connectivity index (χ1) is 33.2. The Morgan fingerprint density at radius 1 is 0.343 bits per heavy atom. The topological polar surface area (TPSA) is 0 Å². The molecule has 1 fully saturated rings. The molecule has 7 radical (unpaired) electrons. The van der Waals surface area contributed by atoms with E-state index in [1.807, 2.05) is 60.7 Å². The Kier molecular flexibility index (Phi) is 20.9. The molecule has 10 heteroatoms. The minimum absolute atomic E-state index is 0. The monoisotopic (exact) mass is 1080 g/mol. The Hall–Kier alpha value is -5.75. The molecule has 8 aromatic rings. The Bertz CT molecular complexity index is 2460. The van der Waals surface area contributed by atoms with Gasteiger partial charge in [0.05, 0.1) is 0 Å². The van der Waals surface area contributed by atoms with Gasteiger partial charge in [0.25, 0.3) is 0 Å². The number of hydrogen-bond acceptors (Lipinski definition) is 0. The molecule has 2 aliphatic carbocycles. The standard InChI is InChI=1S/2C18H15P.C15H10.C9H7.F6P.Ru/c2*1-4-10-16(11-5-1)19(17-12-6-2-7-13-17)18-14-8-3-9-15-18;1-2-15(13-9-5-3-6-10-13)14-11-7-4-8-12-14;1-2-5-9-7-3-6-8(9)4-1;1-7(2,3,4,5)6;/h2*1-15H;3-12H;1-7H;;/q;;;;-1;+2. The van der Waals surface area contributed by atoms with Crippen molar-refractivity contribution < 1.29 is 44.7 Å². The molecule has 0 atom stereocenters. The fourth-order valence-corrected chi connectivity index (χ4v) is 11.6. The molecular formula is C60H47F6P3Ru+. The van der Waals surface area contributed by atoms with E-state index in [1.165, 1.54) is 43.7 Å². The smallest absolute Gasteiger partial charge is 0.101 e. The molecule has 70 heavy (non-hydrogen) atoms. The normalized spacial score (nSPS) is 13.5. The molecule has 0 bridgehead atoms. The van der Waals surface area contributed by atoms with E-state index in [4.69, 9.17) is 6.58 Å². The van der Waals surface area contributed by atoms with Crippen molar-refractivity contribution in [3.8, 4) is 0 Å². The van der Waals surface area contributed by atoms with E-state index >= 15 is 0 Å². The van der Waals surface area contributed by atoms with Crippen LogP contribution in [-0.2, 0) is 19.5 Å². The number of halogens is 6. The second-order valence-corrected chi connectivity index (χ2v) is 21.4. The summed E-state index contributed by atoms with van der Waals surface area (Å²) in [4.78, 5) is 0. The van der Waals surface area contributed by atoms with Gasteiger partial charge in [-0.25, -0.2) is 0 Å². The van der Waals surface area contributed by atoms with Gasteiger partial charge in [0.2, 0.25) is 0 Å². The number of allylic oxidation sites excluding steroid dienone is 4. The van der Waals surface area contributed by atoms with Crippen LogP contribution in [0.4, 0.5) is 25.2 Å². The van der Waals surface area contributed by atoms with Crippen LogP contribution in [0.5, 0.6) is 0 Å². The summed E-state index contributed by atoms with van der Waals surface area (Å²) < 4.78 is 59.2. The summed E-state index contributed by atoms with van der Waals surface area (Å²) in [6, 6.07) is 84.4. The van der Waals surface area contributed by atoms with Crippen molar-refractivity contribution in [2.45, 2.75) is 0 Å². The molecule has 0 unspecified atom stereocenters. The van der Waals surface area contributed by atoms with Gasteiger partial charge >= 0.3 is 52.5 Å². The van der Waals surface area contributed by atoms with Gasteiger partial charge in [-0.2, -0.15) is 0 Å². The molecule has 8 aromatic carbocycles. The average molecular weight is 1080 g/mol. The summed E-state index contributed by atoms with van der Waals surface area (Å²) in [5.41, 5.74) is 5.38. The summed E-state index contributed by atoms with van der Waals surface area (Å²) in [7, 11) is -11.5. The molecule has 1 saturated carbocycles. The van der Waals surface area contributed by atoms with Crippen LogP contribution in [0.3, 0.4) is 0 Å². The maximum atomic E-state index is 9.87. The molecule has 0 spiro atoms. The number of benzene rings is 8. The molecular weight excluding hydrogens is 1030 g/mol. The zero-order chi connectivity index (χ0) is 48.9. The second-order valence-electron chi connectivity index (χ2n) is 15.0. The van der Waals surface area contributed by atoms with Gasteiger partial charge in [0.15, 0.2) is 0 Å². The van der Waals surface area contributed by atoms with Crippen molar-refractivity contribution in [1.82, 2.24) is 0 Å². The Morgan fingerprint density at radius 2 is 0.543 bits per heavy atom. The molecule has 0 heterocycles. The van der Waals surface area contributed by atoms with Crippen LogP contribution in [0, 0.1) is 37.7 Å². The number of rotatable bonds is 8. The van der Waals surface area contributed by atoms with Crippen LogP contribution in [0.1, 0.15) is 11.1 Å². The maximum absolute atomic E-state index is 10.7. The average Bonchev–Trinajstić information content (AvgIpc) is 3.86. The van der Waals surface area contributed by atoms with Crippen LogP contribution < -0.4 is 31.8 Å². The van der Waals surface area contributed by atoms with Crippen molar-refractivity contribution >= 4 is 61.1 Å². The van der Waals surface area contributed by atoms with Gasteiger partial charge in [-0.15, -0.1) is 5.73 Å². The van der Waals surface area contributed by atoms with Crippen LogP contribution in [0.15, 0.2) is 273 Å². The molecule has 10 rings (SSSR count). The molecule has 351 valence electrons. The fraction of sp³-hybridized carbons (Fsp3) is 0. The third-order valence-corrected chi connectivity index (χ3v) is 14.8. The van der Waals surface area contributed by atoms with Gasteiger partial charge in [-0.1, -0.05) is 267 Å². The third kappa shape index (κ3) is 19.6. The quantitative estimate of drug-likeness (QED) is 0.0616. The number of hydrogen-bond donors (Lipinski definition) is 0. The van der Waals surface area contributed by atoms with Crippen molar-refractivity contribution in [3.63, 3.8) is 0 Å². The first-order valence-electron chi connectivity index (χ1n) is 21.7. The Morgan fingerprint density at radius 3 is 0.743 bits per heavy atom. The van der Waals surface area contributed by atoms with E-state index in [1.54, 1.807) is 0 Å². The zero-order valence-electron chi connectivity index (χ0n) is 37.6. The molecule has 2 aliphatic rings. The molecule has 0 saturated heterocycles. The van der Waals surface area contributed by atoms with Gasteiger partial charge < -0.3 is 0 Å². The van der Waals surface area contributed by atoms with Gasteiger partial charge in [-0.05, 0) is 78.1 Å². The Balaban J connectivity index is 0.000000169. The van der Waals surface area contributed by atoms with Crippen LogP contribution in [-0.4, -0.2) is 0 Å². The first-order valence-corrected chi connectivity index (χ1v) is 26.4. The van der Waals surface area contributed by atoms with Gasteiger partial charge in [0.1, 0.15) is 0 Å². The summed E-state index contributed by atoms with van der Waals surface area (Å²) >= 11 is 0. The van der Waals surface area contributed by atoms with E-state index in [2.05, 4.69) is 231 Å². The van der Waals surface area contributed by atoms with Crippen LogP contribution >= 0.6 is 23.7 Å². The molecule has 0 aliphatic heterocycles. The van der Waals surface area contributed by atoms with E-state index in [9.17, 15) is 25.2 Å². The van der Waals surface area contributed by atoms with Crippen molar-refractivity contribution in [2.24, 2.45) is 0 Å². The SMILES string of the molecule is F[P-](F)(F)(F)(F)F.[CH]1[CH][C]2C=CC=C[C]2[CH]1.[C]=C=C(c1ccccc1)c1ccccc1.[Ru+2].c1ccc(P(c2ccccc2)c2ccccc2)cc1.c1ccc(P(c2ccccc2)c2ccccc2)cc1. The second kappa shape index (κ2) is 26.5. The summed E-state index contributed by atoms with van der Waals surface area (Å²) in [5, 5.41) is 8.39. The van der Waals surface area contributed by atoms with Crippen molar-refractivity contribution in [3.05, 3.63) is 321 Å². The summed E-state index contributed by atoms with van der Waals surface area (Å²) in [5.74, 6) is 2.66. The van der Waals surface area contributed by atoms with Crippen LogP contribution in [0.25, 0.3) is 5.57 Å². The minimum atomic E-state index is -10.7. The van der Waals surface area contributed by atoms with Crippen molar-refractivity contribution in [2.75, 3.05) is 0 Å². The molecule has 0 N–H and O–H groups in total. The van der Waals surface area contributed by atoms with E-state index in [-0.39, 0.29) is 19.5 Å². The van der Waals surface area contributed by atoms with Crippen molar-refractivity contribution in [1.29, 1.82) is 0 Å². The zero-order valence-corrected chi connectivity index (χ0v) is 42.0. The molecule has 0 nitrogen and oxygen atoms in total.